The van der Waals surface area contributed by atoms with Crippen LogP contribution in [0.2, 0.25) is 0 Å². The van der Waals surface area contributed by atoms with Crippen LogP contribution in [0.4, 0.5) is 13.2 Å². The number of alkyl halides is 2. The van der Waals surface area contributed by atoms with E-state index in [-0.39, 0.29) is 25.7 Å². The lowest BCUT2D eigenvalue weighted by atomic mass is 9.86. The first-order valence-electron chi connectivity index (χ1n) is 7.01. The molecule has 2 rings (SSSR count). The van der Waals surface area contributed by atoms with Crippen LogP contribution >= 0.6 is 0 Å². The van der Waals surface area contributed by atoms with Gasteiger partial charge < -0.3 is 11.1 Å². The topological polar surface area (TPSA) is 72.2 Å². The first-order valence-corrected chi connectivity index (χ1v) is 7.01. The number of carbonyl (C=O) groups excluding carboxylic acids is 2. The lowest BCUT2D eigenvalue weighted by Crippen LogP contribution is -2.42. The smallest absolute Gasteiger partial charge is 0.248 e. The molecule has 1 aromatic carbocycles. The minimum atomic E-state index is -2.73. The Kier molecular flexibility index (Phi) is 4.73. The number of amides is 2. The van der Waals surface area contributed by atoms with Crippen molar-refractivity contribution >= 4 is 11.8 Å². The monoisotopic (exact) mass is 314 g/mol. The maximum atomic E-state index is 13.1. The number of primary amides is 1. The summed E-state index contributed by atoms with van der Waals surface area (Å²) in [5, 5.41) is 2.47. The number of carbonyl (C=O) groups is 2. The van der Waals surface area contributed by atoms with Gasteiger partial charge >= 0.3 is 0 Å². The summed E-state index contributed by atoms with van der Waals surface area (Å²) in [6, 6.07) is 3.90. The normalized spacial score (nSPS) is 19.4. The molecule has 0 radical (unpaired) electrons. The third-order valence-electron chi connectivity index (χ3n) is 3.86. The zero-order chi connectivity index (χ0) is 16.3. The third kappa shape index (κ3) is 3.99. The summed E-state index contributed by atoms with van der Waals surface area (Å²) in [5.41, 5.74) is 5.61. The Morgan fingerprint density at radius 2 is 1.73 bits per heavy atom. The molecule has 4 nitrogen and oxygen atoms in total. The van der Waals surface area contributed by atoms with Crippen molar-refractivity contribution in [3.05, 3.63) is 35.6 Å². The first kappa shape index (κ1) is 16.3. The number of benzene rings is 1. The molecule has 0 bridgehead atoms. The van der Waals surface area contributed by atoms with E-state index in [1.807, 2.05) is 0 Å². The van der Waals surface area contributed by atoms with Gasteiger partial charge in [0.1, 0.15) is 11.9 Å². The molecule has 0 aliphatic heterocycles. The van der Waals surface area contributed by atoms with E-state index in [0.29, 0.717) is 5.56 Å². The van der Waals surface area contributed by atoms with Crippen LogP contribution in [0, 0.1) is 11.7 Å². The van der Waals surface area contributed by atoms with Crippen molar-refractivity contribution in [2.24, 2.45) is 11.7 Å². The van der Waals surface area contributed by atoms with E-state index < -0.39 is 35.5 Å². The van der Waals surface area contributed by atoms with Gasteiger partial charge in [-0.2, -0.15) is 0 Å². The number of nitrogens with one attached hydrogen (secondary N) is 1. The predicted molar refractivity (Wildman–Crippen MR) is 73.4 cm³/mol. The van der Waals surface area contributed by atoms with Crippen LogP contribution in [0.1, 0.15) is 37.3 Å². The van der Waals surface area contributed by atoms with Crippen molar-refractivity contribution in [1.29, 1.82) is 0 Å². The molecule has 1 aromatic rings. The van der Waals surface area contributed by atoms with E-state index in [4.69, 9.17) is 5.73 Å². The zero-order valence-electron chi connectivity index (χ0n) is 11.8. The van der Waals surface area contributed by atoms with Gasteiger partial charge in [-0.15, -0.1) is 0 Å². The molecule has 0 heterocycles. The minimum absolute atomic E-state index is 0.0632. The second-order valence-corrected chi connectivity index (χ2v) is 5.53. The lowest BCUT2D eigenvalue weighted by Gasteiger charge is -2.28. The number of hydrogen-bond donors (Lipinski definition) is 2. The molecule has 1 atom stereocenters. The van der Waals surface area contributed by atoms with E-state index in [9.17, 15) is 22.8 Å². The summed E-state index contributed by atoms with van der Waals surface area (Å²) >= 11 is 0. The summed E-state index contributed by atoms with van der Waals surface area (Å²) in [7, 11) is 0. The average molecular weight is 314 g/mol. The first-order chi connectivity index (χ1) is 10.3. The largest absolute Gasteiger partial charge is 0.368 e. The van der Waals surface area contributed by atoms with Crippen molar-refractivity contribution in [1.82, 2.24) is 5.32 Å². The average Bonchev–Trinajstić information content (AvgIpc) is 2.45. The highest BCUT2D eigenvalue weighted by atomic mass is 19.3. The van der Waals surface area contributed by atoms with Gasteiger partial charge in [-0.1, -0.05) is 12.1 Å². The van der Waals surface area contributed by atoms with Crippen LogP contribution in [0.15, 0.2) is 24.3 Å². The fourth-order valence-electron chi connectivity index (χ4n) is 2.54. The lowest BCUT2D eigenvalue weighted by molar-refractivity contribution is -0.133. The van der Waals surface area contributed by atoms with Gasteiger partial charge in [0, 0.05) is 18.8 Å². The van der Waals surface area contributed by atoms with Crippen molar-refractivity contribution in [2.75, 3.05) is 0 Å². The van der Waals surface area contributed by atoms with E-state index in [1.165, 1.54) is 12.1 Å². The van der Waals surface area contributed by atoms with Crippen LogP contribution in [-0.2, 0) is 9.59 Å². The Morgan fingerprint density at radius 3 is 2.23 bits per heavy atom. The molecule has 1 aliphatic rings. The fourth-order valence-corrected chi connectivity index (χ4v) is 2.54. The standard InChI is InChI=1S/C15H17F3N2O2/c16-11-3-1-9(2-4-11)12(13(19)21)20-14(22)10-5-7-15(17,18)8-6-10/h1-4,10,12H,5-8H2,(H2,19,21)(H,20,22)/t12-/m1/s1. The van der Waals surface area contributed by atoms with Crippen molar-refractivity contribution < 1.29 is 22.8 Å². The Hall–Kier alpha value is -2.05. The maximum absolute atomic E-state index is 13.1. The molecule has 0 unspecified atom stereocenters. The molecule has 2 amide bonds. The summed E-state index contributed by atoms with van der Waals surface area (Å²) in [6.45, 7) is 0. The van der Waals surface area contributed by atoms with Gasteiger partial charge in [0.15, 0.2) is 0 Å². The Morgan fingerprint density at radius 1 is 1.18 bits per heavy atom. The molecule has 0 saturated heterocycles. The molecule has 0 spiro atoms. The molecule has 1 aliphatic carbocycles. The second-order valence-electron chi connectivity index (χ2n) is 5.53. The van der Waals surface area contributed by atoms with Crippen LogP contribution in [0.25, 0.3) is 0 Å². The second kappa shape index (κ2) is 6.37. The summed E-state index contributed by atoms with van der Waals surface area (Å²) in [4.78, 5) is 23.6. The minimum Gasteiger partial charge on any atom is -0.368 e. The maximum Gasteiger partial charge on any atom is 0.248 e. The molecular formula is C15H17F3N2O2. The number of rotatable bonds is 4. The molecule has 3 N–H and O–H groups in total. The van der Waals surface area contributed by atoms with E-state index in [2.05, 4.69) is 5.32 Å². The molecule has 1 fully saturated rings. The quantitative estimate of drug-likeness (QED) is 0.895. The third-order valence-corrected chi connectivity index (χ3v) is 3.86. The Balaban J connectivity index is 2.04. The van der Waals surface area contributed by atoms with Crippen LogP contribution in [0.5, 0.6) is 0 Å². The molecule has 7 heteroatoms. The number of halogens is 3. The molecule has 120 valence electrons. The van der Waals surface area contributed by atoms with Crippen LogP contribution in [0.3, 0.4) is 0 Å². The van der Waals surface area contributed by atoms with Crippen molar-refractivity contribution in [3.8, 4) is 0 Å². The molecule has 0 aromatic heterocycles. The molecular weight excluding hydrogens is 297 g/mol. The Bertz CT molecular complexity index is 550. The summed E-state index contributed by atoms with van der Waals surface area (Å²) in [6.07, 6.45) is -0.562. The summed E-state index contributed by atoms with van der Waals surface area (Å²) in [5.74, 6) is -5.05. The molecule has 1 saturated carbocycles. The van der Waals surface area contributed by atoms with Crippen LogP contribution < -0.4 is 11.1 Å². The van der Waals surface area contributed by atoms with Gasteiger partial charge in [0.2, 0.25) is 17.7 Å². The number of hydrogen-bond acceptors (Lipinski definition) is 2. The molecule has 22 heavy (non-hydrogen) atoms. The van der Waals surface area contributed by atoms with E-state index in [1.54, 1.807) is 0 Å². The zero-order valence-corrected chi connectivity index (χ0v) is 11.8. The highest BCUT2D eigenvalue weighted by Gasteiger charge is 2.38. The highest BCUT2D eigenvalue weighted by molar-refractivity contribution is 5.88. The SMILES string of the molecule is NC(=O)[C@H](NC(=O)C1CCC(F)(F)CC1)c1ccc(F)cc1. The van der Waals surface area contributed by atoms with Gasteiger partial charge in [0.25, 0.3) is 0 Å². The highest BCUT2D eigenvalue weighted by Crippen LogP contribution is 2.36. The summed E-state index contributed by atoms with van der Waals surface area (Å²) < 4.78 is 39.1. The fraction of sp³-hybridized carbons (Fsp3) is 0.467. The van der Waals surface area contributed by atoms with Gasteiger partial charge in [0.05, 0.1) is 0 Å². The number of nitrogens with two attached hydrogens (primary N) is 1. The Labute approximate surface area is 125 Å². The van der Waals surface area contributed by atoms with Crippen LogP contribution in [-0.4, -0.2) is 17.7 Å². The van der Waals surface area contributed by atoms with Gasteiger partial charge in [-0.3, -0.25) is 9.59 Å². The van der Waals surface area contributed by atoms with Crippen molar-refractivity contribution in [3.63, 3.8) is 0 Å². The van der Waals surface area contributed by atoms with Crippen molar-refractivity contribution in [2.45, 2.75) is 37.6 Å². The van der Waals surface area contributed by atoms with Gasteiger partial charge in [-0.05, 0) is 30.5 Å². The van der Waals surface area contributed by atoms with E-state index >= 15 is 0 Å². The van der Waals surface area contributed by atoms with E-state index in [0.717, 1.165) is 12.1 Å². The predicted octanol–water partition coefficient (Wildman–Crippen LogP) is 2.29. The van der Waals surface area contributed by atoms with Gasteiger partial charge in [-0.25, -0.2) is 13.2 Å².